The Labute approximate surface area is 156 Å². The molecular formula is C18H19Cl2NO4. The number of amides is 1. The third-order valence-corrected chi connectivity index (χ3v) is 4.96. The quantitative estimate of drug-likeness (QED) is 0.698. The summed E-state index contributed by atoms with van der Waals surface area (Å²) < 4.78 is 5.20. The van der Waals surface area contributed by atoms with Gasteiger partial charge in [0.25, 0.3) is 0 Å². The van der Waals surface area contributed by atoms with Gasteiger partial charge in [0.2, 0.25) is 5.91 Å². The first-order chi connectivity index (χ1) is 11.8. The van der Waals surface area contributed by atoms with Crippen molar-refractivity contribution in [3.8, 4) is 5.75 Å². The molecule has 2 atom stereocenters. The average molecular weight is 384 g/mol. The predicted octanol–water partition coefficient (Wildman–Crippen LogP) is 3.97. The van der Waals surface area contributed by atoms with E-state index in [0.29, 0.717) is 17.9 Å². The van der Waals surface area contributed by atoms with Crippen molar-refractivity contribution in [3.63, 3.8) is 0 Å². The molecule has 7 heteroatoms. The van der Waals surface area contributed by atoms with Crippen LogP contribution in [0.3, 0.4) is 0 Å². The fraction of sp³-hybridized carbons (Fsp3) is 0.333. The predicted molar refractivity (Wildman–Crippen MR) is 98.6 cm³/mol. The Morgan fingerprint density at radius 3 is 2.72 bits per heavy atom. The van der Waals surface area contributed by atoms with E-state index in [1.165, 1.54) is 7.11 Å². The molecule has 0 saturated heterocycles. The van der Waals surface area contributed by atoms with Crippen molar-refractivity contribution >= 4 is 40.8 Å². The number of nitrogens with one attached hydrogen (secondary N) is 1. The zero-order chi connectivity index (χ0) is 18.4. The number of carboxylic acids is 1. The van der Waals surface area contributed by atoms with Crippen LogP contribution in [-0.4, -0.2) is 34.3 Å². The summed E-state index contributed by atoms with van der Waals surface area (Å²) in [7, 11) is 1.52. The Balaban J connectivity index is 2.01. The van der Waals surface area contributed by atoms with Gasteiger partial charge in [-0.1, -0.05) is 35.9 Å². The molecule has 0 saturated carbocycles. The molecule has 5 nitrogen and oxygen atoms in total. The number of methoxy groups -OCH3 is 1. The number of hydrogen-bond acceptors (Lipinski definition) is 3. The van der Waals surface area contributed by atoms with Gasteiger partial charge in [0.05, 0.1) is 29.5 Å². The topological polar surface area (TPSA) is 75.6 Å². The minimum Gasteiger partial charge on any atom is -0.495 e. The molecule has 1 aromatic carbocycles. The third kappa shape index (κ3) is 5.25. The largest absolute Gasteiger partial charge is 0.495 e. The summed E-state index contributed by atoms with van der Waals surface area (Å²) in [6.07, 6.45) is 5.45. The standard InChI is InChI=1S/C18H19Cl2NO4/c1-25-14-5-3-2-4-13(14)21-16(22)11-18(20)9-8-12(10-15(18)19)6-7-17(23)24/h2-5,8-10,15H,6-7,11H2,1H3,(H,21,22)(H,23,24). The number of rotatable bonds is 7. The summed E-state index contributed by atoms with van der Waals surface area (Å²) in [5.74, 6) is -0.617. The Kier molecular flexibility index (Phi) is 6.51. The van der Waals surface area contributed by atoms with Gasteiger partial charge in [-0.25, -0.2) is 0 Å². The number of carbonyl (C=O) groups is 2. The number of alkyl halides is 2. The van der Waals surface area contributed by atoms with Gasteiger partial charge in [-0.05, 0) is 18.6 Å². The molecule has 0 aromatic heterocycles. The van der Waals surface area contributed by atoms with E-state index in [1.807, 2.05) is 0 Å². The Morgan fingerprint density at radius 2 is 2.08 bits per heavy atom. The van der Waals surface area contributed by atoms with Crippen molar-refractivity contribution < 1.29 is 19.4 Å². The molecule has 134 valence electrons. The summed E-state index contributed by atoms with van der Waals surface area (Å²) in [5.41, 5.74) is 1.35. The molecule has 0 heterocycles. The SMILES string of the molecule is COc1ccccc1NC(=O)CC1(Cl)C=CC(CCC(=O)O)=CC1Cl. The molecule has 2 unspecified atom stereocenters. The number of anilines is 1. The van der Waals surface area contributed by atoms with Crippen LogP contribution in [0.4, 0.5) is 5.69 Å². The van der Waals surface area contributed by atoms with Crippen LogP contribution in [0.2, 0.25) is 0 Å². The number of carbonyl (C=O) groups excluding carboxylic acids is 1. The molecular weight excluding hydrogens is 365 g/mol. The van der Waals surface area contributed by atoms with E-state index in [4.69, 9.17) is 33.0 Å². The second-order valence-electron chi connectivity index (χ2n) is 5.72. The van der Waals surface area contributed by atoms with Gasteiger partial charge in [-0.2, -0.15) is 0 Å². The molecule has 1 aliphatic carbocycles. The van der Waals surface area contributed by atoms with E-state index in [1.54, 1.807) is 42.5 Å². The first kappa shape index (κ1) is 19.3. The van der Waals surface area contributed by atoms with Crippen LogP contribution >= 0.6 is 23.2 Å². The zero-order valence-electron chi connectivity index (χ0n) is 13.7. The molecule has 2 N–H and O–H groups in total. The highest BCUT2D eigenvalue weighted by Gasteiger charge is 2.36. The van der Waals surface area contributed by atoms with E-state index in [9.17, 15) is 9.59 Å². The van der Waals surface area contributed by atoms with Crippen LogP contribution < -0.4 is 10.1 Å². The Morgan fingerprint density at radius 1 is 1.36 bits per heavy atom. The first-order valence-corrected chi connectivity index (χ1v) is 8.53. The van der Waals surface area contributed by atoms with Crippen molar-refractivity contribution in [1.82, 2.24) is 0 Å². The van der Waals surface area contributed by atoms with Gasteiger partial charge in [-0.15, -0.1) is 23.2 Å². The number of ether oxygens (including phenoxy) is 1. The van der Waals surface area contributed by atoms with Crippen molar-refractivity contribution in [2.75, 3.05) is 12.4 Å². The van der Waals surface area contributed by atoms with E-state index in [0.717, 1.165) is 5.57 Å². The van der Waals surface area contributed by atoms with Crippen LogP contribution in [0.5, 0.6) is 5.75 Å². The molecule has 0 spiro atoms. The summed E-state index contributed by atoms with van der Waals surface area (Å²) in [4.78, 5) is 21.9. The smallest absolute Gasteiger partial charge is 0.303 e. The molecule has 0 radical (unpaired) electrons. The van der Waals surface area contributed by atoms with Crippen LogP contribution in [0.1, 0.15) is 19.3 Å². The van der Waals surface area contributed by atoms with Crippen LogP contribution in [0, 0.1) is 0 Å². The highest BCUT2D eigenvalue weighted by molar-refractivity contribution is 6.35. The highest BCUT2D eigenvalue weighted by atomic mass is 35.5. The average Bonchev–Trinajstić information content (AvgIpc) is 2.56. The lowest BCUT2D eigenvalue weighted by Gasteiger charge is -2.30. The lowest BCUT2D eigenvalue weighted by atomic mass is 9.90. The molecule has 1 aliphatic rings. The van der Waals surface area contributed by atoms with Gasteiger partial charge in [0.15, 0.2) is 0 Å². The summed E-state index contributed by atoms with van der Waals surface area (Å²) in [6.45, 7) is 0. The molecule has 1 amide bonds. The monoisotopic (exact) mass is 383 g/mol. The summed E-state index contributed by atoms with van der Waals surface area (Å²) >= 11 is 12.8. The van der Waals surface area contributed by atoms with Gasteiger partial charge >= 0.3 is 5.97 Å². The fourth-order valence-corrected chi connectivity index (χ4v) is 3.04. The van der Waals surface area contributed by atoms with Gasteiger partial charge in [-0.3, -0.25) is 9.59 Å². The third-order valence-electron chi connectivity index (χ3n) is 3.83. The van der Waals surface area contributed by atoms with Crippen molar-refractivity contribution in [3.05, 3.63) is 48.1 Å². The minimum atomic E-state index is -1.07. The maximum Gasteiger partial charge on any atom is 0.303 e. The number of para-hydroxylation sites is 2. The summed E-state index contributed by atoms with van der Waals surface area (Å²) in [5, 5.41) is 10.9. The number of allylic oxidation sites excluding steroid dienone is 4. The number of carboxylic acid groups (broad SMARTS) is 1. The molecule has 0 aliphatic heterocycles. The number of hydrogen-bond donors (Lipinski definition) is 2. The van der Waals surface area contributed by atoms with Crippen molar-refractivity contribution in [2.45, 2.75) is 29.5 Å². The summed E-state index contributed by atoms with van der Waals surface area (Å²) in [6, 6.07) is 7.07. The fourth-order valence-electron chi connectivity index (χ4n) is 2.48. The second-order valence-corrected chi connectivity index (χ2v) is 6.90. The van der Waals surface area contributed by atoms with E-state index >= 15 is 0 Å². The highest BCUT2D eigenvalue weighted by Crippen LogP contribution is 2.36. The first-order valence-electron chi connectivity index (χ1n) is 7.71. The molecule has 0 fully saturated rings. The zero-order valence-corrected chi connectivity index (χ0v) is 15.2. The lowest BCUT2D eigenvalue weighted by molar-refractivity contribution is -0.136. The van der Waals surface area contributed by atoms with Crippen LogP contribution in [0.15, 0.2) is 48.1 Å². The van der Waals surface area contributed by atoms with Gasteiger partial charge in [0.1, 0.15) is 5.75 Å². The number of aliphatic carboxylic acids is 1. The molecule has 2 rings (SSSR count). The minimum absolute atomic E-state index is 0.0172. The molecule has 25 heavy (non-hydrogen) atoms. The Hall–Kier alpha value is -1.98. The van der Waals surface area contributed by atoms with E-state index in [2.05, 4.69) is 5.32 Å². The maximum absolute atomic E-state index is 12.4. The van der Waals surface area contributed by atoms with Crippen LogP contribution in [0.25, 0.3) is 0 Å². The lowest BCUT2D eigenvalue weighted by Crippen LogP contribution is -2.36. The molecule has 1 aromatic rings. The van der Waals surface area contributed by atoms with Crippen LogP contribution in [-0.2, 0) is 9.59 Å². The Bertz CT molecular complexity index is 717. The second kappa shape index (κ2) is 8.41. The van der Waals surface area contributed by atoms with Crippen molar-refractivity contribution in [2.24, 2.45) is 0 Å². The number of benzene rings is 1. The van der Waals surface area contributed by atoms with Crippen molar-refractivity contribution in [1.29, 1.82) is 0 Å². The van der Waals surface area contributed by atoms with Gasteiger partial charge in [0, 0.05) is 6.42 Å². The number of halogens is 2. The van der Waals surface area contributed by atoms with E-state index in [-0.39, 0.29) is 18.7 Å². The van der Waals surface area contributed by atoms with E-state index < -0.39 is 16.2 Å². The molecule has 0 bridgehead atoms. The van der Waals surface area contributed by atoms with Gasteiger partial charge < -0.3 is 15.2 Å². The maximum atomic E-state index is 12.4. The normalized spacial score (nSPS) is 22.2.